The minimum atomic E-state index is 1.08. The van der Waals surface area contributed by atoms with E-state index in [1.54, 1.807) is 0 Å². The second kappa shape index (κ2) is 17.1. The zero-order valence-corrected chi connectivity index (χ0v) is 45.4. The van der Waals surface area contributed by atoms with Crippen molar-refractivity contribution < 1.29 is 0 Å². The van der Waals surface area contributed by atoms with Crippen LogP contribution in [0.1, 0.15) is 0 Å². The smallest absolute Gasteiger partial charge is 0.0784 e. The van der Waals surface area contributed by atoms with Crippen molar-refractivity contribution in [3.63, 3.8) is 0 Å². The third-order valence-corrected chi connectivity index (χ3v) is 18.2. The largest absolute Gasteiger partial charge is 0.309 e. The first-order valence-electron chi connectivity index (χ1n) is 28.9. The van der Waals surface area contributed by atoms with Gasteiger partial charge in [0, 0.05) is 87.4 Å². The highest BCUT2D eigenvalue weighted by molar-refractivity contribution is 6.19. The minimum Gasteiger partial charge on any atom is -0.309 e. The monoisotopic (exact) mass is 1070 g/mol. The molecular weight excluding hydrogens is 1020 g/mol. The highest BCUT2D eigenvalue weighted by atomic mass is 15.1. The summed E-state index contributed by atoms with van der Waals surface area (Å²) >= 11 is 0. The normalized spacial score (nSPS) is 12.3. The van der Waals surface area contributed by atoms with Crippen molar-refractivity contribution in [2.75, 3.05) is 0 Å². The zero-order chi connectivity index (χ0) is 54.7. The summed E-state index contributed by atoms with van der Waals surface area (Å²) in [5.41, 5.74) is 20.6. The van der Waals surface area contributed by atoms with Crippen LogP contribution >= 0.6 is 0 Å². The van der Waals surface area contributed by atoms with Gasteiger partial charge in [0.1, 0.15) is 0 Å². The Labute approximate surface area is 480 Å². The van der Waals surface area contributed by atoms with Crippen LogP contribution < -0.4 is 0 Å². The van der Waals surface area contributed by atoms with Crippen molar-refractivity contribution in [3.05, 3.63) is 291 Å². The molecule has 19 aromatic rings. The molecule has 0 atom stereocenters. The van der Waals surface area contributed by atoms with E-state index in [1.165, 1.54) is 109 Å². The molecule has 6 heteroatoms. The number of benzene rings is 13. The molecule has 0 amide bonds. The van der Waals surface area contributed by atoms with Crippen molar-refractivity contribution in [1.29, 1.82) is 0 Å². The maximum atomic E-state index is 2.51. The Morgan fingerprint density at radius 2 is 0.333 bits per heavy atom. The summed E-state index contributed by atoms with van der Waals surface area (Å²) in [7, 11) is 0. The Kier molecular flexibility index (Phi) is 9.24. The first kappa shape index (κ1) is 45.4. The summed E-state index contributed by atoms with van der Waals surface area (Å²) in [5.74, 6) is 0. The third-order valence-electron chi connectivity index (χ3n) is 18.2. The van der Waals surface area contributed by atoms with Crippen LogP contribution in [-0.4, -0.2) is 27.4 Å². The fourth-order valence-corrected chi connectivity index (χ4v) is 14.8. The van der Waals surface area contributed by atoms with Gasteiger partial charge in [-0.3, -0.25) is 0 Å². The van der Waals surface area contributed by atoms with Gasteiger partial charge < -0.3 is 27.4 Å². The van der Waals surface area contributed by atoms with E-state index < -0.39 is 0 Å². The molecule has 0 aliphatic carbocycles. The Morgan fingerprint density at radius 1 is 0.143 bits per heavy atom. The molecule has 0 radical (unpaired) electrons. The molecule has 0 spiro atoms. The van der Waals surface area contributed by atoms with Crippen molar-refractivity contribution in [2.45, 2.75) is 0 Å². The molecule has 0 N–H and O–H groups in total. The Bertz CT molecular complexity index is 5410. The van der Waals surface area contributed by atoms with Gasteiger partial charge in [0.2, 0.25) is 0 Å². The van der Waals surface area contributed by atoms with Crippen LogP contribution in [0.5, 0.6) is 0 Å². The first-order chi connectivity index (χ1) is 41.7. The molecule has 0 fully saturated rings. The van der Waals surface area contributed by atoms with Gasteiger partial charge in [0.25, 0.3) is 0 Å². The molecular formula is C78H48N6. The lowest BCUT2D eigenvalue weighted by molar-refractivity contribution is 1.10. The van der Waals surface area contributed by atoms with Gasteiger partial charge in [-0.05, 0) is 109 Å². The van der Waals surface area contributed by atoms with Gasteiger partial charge in [-0.25, -0.2) is 0 Å². The van der Waals surface area contributed by atoms with Crippen LogP contribution in [0.25, 0.3) is 165 Å². The van der Waals surface area contributed by atoms with Gasteiger partial charge in [-0.15, -0.1) is 0 Å². The van der Waals surface area contributed by atoms with Crippen molar-refractivity contribution in [1.82, 2.24) is 27.4 Å². The maximum absolute atomic E-state index is 2.51. The number of fused-ring (bicyclic) bond motifs is 18. The van der Waals surface area contributed by atoms with Crippen molar-refractivity contribution in [2.24, 2.45) is 0 Å². The SMILES string of the molecule is c1ccc2c(c1)c1ccccc1n2-c1cc(-n2c3ccccc3c3ccccc32)c2c(c1)c1ccccc1n2-c1ccc(-n2c3ccccc3c3cc(-n4c5ccccc5c5ccccc54)cc(-n4c5ccccc5c5ccccc54)c32)cc1. The number of aromatic nitrogens is 6. The van der Waals surface area contributed by atoms with E-state index in [9.17, 15) is 0 Å². The average Bonchev–Trinajstić information content (AvgIpc) is 4.39. The lowest BCUT2D eigenvalue weighted by Crippen LogP contribution is -2.04. The molecule has 0 saturated carbocycles. The second-order valence-electron chi connectivity index (χ2n) is 22.4. The second-order valence-corrected chi connectivity index (χ2v) is 22.4. The molecule has 13 aromatic carbocycles. The van der Waals surface area contributed by atoms with Crippen LogP contribution in [0.15, 0.2) is 291 Å². The van der Waals surface area contributed by atoms with Crippen molar-refractivity contribution in [3.8, 4) is 34.1 Å². The van der Waals surface area contributed by atoms with Crippen LogP contribution in [0.2, 0.25) is 0 Å². The summed E-state index contributed by atoms with van der Waals surface area (Å²) in [4.78, 5) is 0. The van der Waals surface area contributed by atoms with Crippen LogP contribution in [0, 0.1) is 0 Å². The number of rotatable bonds is 6. The molecule has 390 valence electrons. The Hall–Kier alpha value is -11.3. The van der Waals surface area contributed by atoms with Crippen molar-refractivity contribution >= 4 is 131 Å². The summed E-state index contributed by atoms with van der Waals surface area (Å²) in [6.45, 7) is 0. The predicted octanol–water partition coefficient (Wildman–Crippen LogP) is 20.3. The van der Waals surface area contributed by atoms with E-state index in [1.807, 2.05) is 0 Å². The first-order valence-corrected chi connectivity index (χ1v) is 28.9. The molecule has 0 saturated heterocycles. The standard InChI is InChI=1S/C78H48N6/c1-11-31-65-53(21-1)54-22-2-12-32-66(54)79(65)51-45-63-61-29-9-15-35-69(61)81(77(63)75(47-51)83-71-37-17-5-25-57(71)58-26-6-18-38-72(58)83)49-41-43-50(44-42-49)82-70-36-16-10-30-62(70)64-46-52(80-67-33-13-3-23-55(67)56-24-4-14-34-68(56)80)48-76(78(64)82)84-73-39-19-7-27-59(73)60-28-8-20-40-74(60)84/h1-48H. The fourth-order valence-electron chi connectivity index (χ4n) is 14.8. The number of nitrogens with zero attached hydrogens (tertiary/aromatic N) is 6. The lowest BCUT2D eigenvalue weighted by Gasteiger charge is -2.18. The maximum Gasteiger partial charge on any atom is 0.0784 e. The summed E-state index contributed by atoms with van der Waals surface area (Å²) in [5, 5.41) is 14.6. The topological polar surface area (TPSA) is 29.6 Å². The van der Waals surface area contributed by atoms with E-state index in [-0.39, 0.29) is 0 Å². The van der Waals surface area contributed by atoms with Gasteiger partial charge in [-0.2, -0.15) is 0 Å². The number of para-hydroxylation sites is 10. The zero-order valence-electron chi connectivity index (χ0n) is 45.4. The average molecular weight is 1070 g/mol. The quantitative estimate of drug-likeness (QED) is 0.159. The molecule has 6 nitrogen and oxygen atoms in total. The van der Waals surface area contributed by atoms with Crippen LogP contribution in [0.3, 0.4) is 0 Å². The van der Waals surface area contributed by atoms with Crippen LogP contribution in [0.4, 0.5) is 0 Å². The third kappa shape index (κ3) is 6.12. The van der Waals surface area contributed by atoms with Gasteiger partial charge in [0.05, 0.1) is 77.6 Å². The molecule has 0 bridgehead atoms. The lowest BCUT2D eigenvalue weighted by atomic mass is 10.1. The van der Waals surface area contributed by atoms with E-state index in [0.717, 1.165) is 56.2 Å². The minimum absolute atomic E-state index is 1.08. The highest BCUT2D eigenvalue weighted by Gasteiger charge is 2.26. The van der Waals surface area contributed by atoms with Gasteiger partial charge >= 0.3 is 0 Å². The van der Waals surface area contributed by atoms with E-state index in [4.69, 9.17) is 0 Å². The Balaban J connectivity index is 0.896. The fraction of sp³-hybridized carbons (Fsp3) is 0. The number of hydrogen-bond donors (Lipinski definition) is 0. The Morgan fingerprint density at radius 3 is 0.571 bits per heavy atom. The van der Waals surface area contributed by atoms with Gasteiger partial charge in [0.15, 0.2) is 0 Å². The van der Waals surface area contributed by atoms with Gasteiger partial charge in [-0.1, -0.05) is 182 Å². The van der Waals surface area contributed by atoms with E-state index >= 15 is 0 Å². The van der Waals surface area contributed by atoms with E-state index in [0.29, 0.717) is 0 Å². The summed E-state index contributed by atoms with van der Waals surface area (Å²) < 4.78 is 15.0. The molecule has 6 aromatic heterocycles. The van der Waals surface area contributed by atoms with E-state index in [2.05, 4.69) is 319 Å². The number of hydrogen-bond acceptors (Lipinski definition) is 0. The highest BCUT2D eigenvalue weighted by Crippen LogP contribution is 2.46. The molecule has 19 rings (SSSR count). The summed E-state index contributed by atoms with van der Waals surface area (Å²) in [6, 6.07) is 108. The molecule has 0 aliphatic rings. The van der Waals surface area contributed by atoms with Crippen LogP contribution in [-0.2, 0) is 0 Å². The summed E-state index contributed by atoms with van der Waals surface area (Å²) in [6.07, 6.45) is 0. The predicted molar refractivity (Wildman–Crippen MR) is 352 cm³/mol. The molecule has 6 heterocycles. The molecule has 0 unspecified atom stereocenters. The molecule has 0 aliphatic heterocycles. The molecule has 84 heavy (non-hydrogen) atoms.